The Hall–Kier alpha value is -1.33. The summed E-state index contributed by atoms with van der Waals surface area (Å²) in [6.07, 6.45) is 3.98. The summed E-state index contributed by atoms with van der Waals surface area (Å²) in [7, 11) is 0. The molecule has 0 radical (unpaired) electrons. The molecule has 19 heavy (non-hydrogen) atoms. The van der Waals surface area contributed by atoms with E-state index in [4.69, 9.17) is 5.26 Å². The molecule has 1 aliphatic rings. The van der Waals surface area contributed by atoms with Gasteiger partial charge in [0, 0.05) is 12.6 Å². The van der Waals surface area contributed by atoms with Gasteiger partial charge >= 0.3 is 0 Å². The second kappa shape index (κ2) is 6.21. The molecular weight excluding hydrogens is 232 g/mol. The van der Waals surface area contributed by atoms with E-state index >= 15 is 0 Å². The Morgan fingerprint density at radius 1 is 1.37 bits per heavy atom. The van der Waals surface area contributed by atoms with Crippen LogP contribution in [0, 0.1) is 24.2 Å². The van der Waals surface area contributed by atoms with Crippen molar-refractivity contribution in [2.75, 3.05) is 6.54 Å². The molecule has 1 aromatic carbocycles. The van der Waals surface area contributed by atoms with Gasteiger partial charge in [0.2, 0.25) is 0 Å². The number of rotatable bonds is 6. The third kappa shape index (κ3) is 4.08. The second-order valence-corrected chi connectivity index (χ2v) is 6.14. The first-order valence-corrected chi connectivity index (χ1v) is 7.34. The second-order valence-electron chi connectivity index (χ2n) is 6.14. The van der Waals surface area contributed by atoms with Gasteiger partial charge in [0.25, 0.3) is 0 Å². The van der Waals surface area contributed by atoms with Crippen molar-refractivity contribution >= 4 is 0 Å². The predicted octanol–water partition coefficient (Wildman–Crippen LogP) is 3.88. The third-order valence-electron chi connectivity index (χ3n) is 3.90. The maximum atomic E-state index is 8.92. The first-order valence-electron chi connectivity index (χ1n) is 7.34. The van der Waals surface area contributed by atoms with Crippen LogP contribution < -0.4 is 0 Å². The highest BCUT2D eigenvalue weighted by atomic mass is 15.2. The maximum absolute atomic E-state index is 8.92. The van der Waals surface area contributed by atoms with Gasteiger partial charge in [0.05, 0.1) is 11.6 Å². The first-order chi connectivity index (χ1) is 9.10. The molecule has 2 nitrogen and oxygen atoms in total. The summed E-state index contributed by atoms with van der Waals surface area (Å²) >= 11 is 0. The summed E-state index contributed by atoms with van der Waals surface area (Å²) in [5.74, 6) is 0.767. The number of nitriles is 1. The fourth-order valence-electron chi connectivity index (χ4n) is 2.42. The molecule has 0 aliphatic heterocycles. The molecular formula is C17H24N2. The molecule has 1 saturated carbocycles. The molecule has 1 fully saturated rings. The molecule has 2 heteroatoms. The van der Waals surface area contributed by atoms with Gasteiger partial charge in [-0.3, -0.25) is 4.90 Å². The number of benzene rings is 1. The fourth-order valence-corrected chi connectivity index (χ4v) is 2.42. The predicted molar refractivity (Wildman–Crippen MR) is 78.8 cm³/mol. The van der Waals surface area contributed by atoms with Gasteiger partial charge in [0.15, 0.2) is 0 Å². The Bertz CT molecular complexity index is 467. The minimum atomic E-state index is 0.765. The van der Waals surface area contributed by atoms with Gasteiger partial charge in [-0.2, -0.15) is 5.26 Å². The first kappa shape index (κ1) is 14.1. The van der Waals surface area contributed by atoms with E-state index in [0.29, 0.717) is 0 Å². The zero-order valence-corrected chi connectivity index (χ0v) is 12.3. The van der Waals surface area contributed by atoms with Crippen molar-refractivity contribution in [1.29, 1.82) is 5.26 Å². The van der Waals surface area contributed by atoms with Crippen LogP contribution in [0.2, 0.25) is 0 Å². The van der Waals surface area contributed by atoms with Crippen molar-refractivity contribution in [2.45, 2.75) is 52.6 Å². The van der Waals surface area contributed by atoms with Gasteiger partial charge in [-0.05, 0) is 61.9 Å². The number of hydrogen-bond acceptors (Lipinski definition) is 2. The normalized spacial score (nSPS) is 14.9. The van der Waals surface area contributed by atoms with E-state index in [1.165, 1.54) is 36.9 Å². The summed E-state index contributed by atoms with van der Waals surface area (Å²) in [5, 5.41) is 8.92. The average Bonchev–Trinajstić information content (AvgIpc) is 3.20. The van der Waals surface area contributed by atoms with Crippen LogP contribution in [0.5, 0.6) is 0 Å². The van der Waals surface area contributed by atoms with E-state index in [1.54, 1.807) is 0 Å². The minimum absolute atomic E-state index is 0.765. The topological polar surface area (TPSA) is 27.0 Å². The van der Waals surface area contributed by atoms with Gasteiger partial charge in [-0.15, -0.1) is 0 Å². The Morgan fingerprint density at radius 3 is 2.63 bits per heavy atom. The summed E-state index contributed by atoms with van der Waals surface area (Å²) < 4.78 is 0. The smallest absolute Gasteiger partial charge is 0.0991 e. The SMILES string of the molecule is Cc1cc(C#N)ccc1CN(CCC(C)C)C1CC1. The lowest BCUT2D eigenvalue weighted by Gasteiger charge is -2.24. The van der Waals surface area contributed by atoms with Crippen LogP contribution >= 0.6 is 0 Å². The molecule has 1 aliphatic carbocycles. The molecule has 0 heterocycles. The summed E-state index contributed by atoms with van der Waals surface area (Å²) in [5.41, 5.74) is 3.38. The zero-order valence-electron chi connectivity index (χ0n) is 12.3. The molecule has 0 N–H and O–H groups in total. The molecule has 0 amide bonds. The van der Waals surface area contributed by atoms with Crippen LogP contribution in [0.15, 0.2) is 18.2 Å². The Labute approximate surface area is 117 Å². The lowest BCUT2D eigenvalue weighted by atomic mass is 10.0. The maximum Gasteiger partial charge on any atom is 0.0991 e. The van der Waals surface area contributed by atoms with Gasteiger partial charge in [-0.25, -0.2) is 0 Å². The van der Waals surface area contributed by atoms with Crippen LogP contribution in [0.25, 0.3) is 0 Å². The monoisotopic (exact) mass is 256 g/mol. The number of aryl methyl sites for hydroxylation is 1. The van der Waals surface area contributed by atoms with Gasteiger partial charge < -0.3 is 0 Å². The highest BCUT2D eigenvalue weighted by molar-refractivity contribution is 5.37. The Morgan fingerprint density at radius 2 is 2.11 bits per heavy atom. The van der Waals surface area contributed by atoms with Crippen molar-refractivity contribution in [1.82, 2.24) is 4.90 Å². The van der Waals surface area contributed by atoms with Crippen molar-refractivity contribution in [3.63, 3.8) is 0 Å². The van der Waals surface area contributed by atoms with Gasteiger partial charge in [0.1, 0.15) is 0 Å². The average molecular weight is 256 g/mol. The molecule has 0 unspecified atom stereocenters. The van der Waals surface area contributed by atoms with E-state index in [0.717, 1.165) is 24.1 Å². The van der Waals surface area contributed by atoms with Crippen molar-refractivity contribution < 1.29 is 0 Å². The van der Waals surface area contributed by atoms with Crippen molar-refractivity contribution in [2.24, 2.45) is 5.92 Å². The van der Waals surface area contributed by atoms with E-state index in [1.807, 2.05) is 12.1 Å². The summed E-state index contributed by atoms with van der Waals surface area (Å²) in [6, 6.07) is 9.08. The third-order valence-corrected chi connectivity index (χ3v) is 3.90. The van der Waals surface area contributed by atoms with E-state index in [-0.39, 0.29) is 0 Å². The van der Waals surface area contributed by atoms with E-state index in [9.17, 15) is 0 Å². The fraction of sp³-hybridized carbons (Fsp3) is 0.588. The van der Waals surface area contributed by atoms with E-state index in [2.05, 4.69) is 37.8 Å². The van der Waals surface area contributed by atoms with E-state index < -0.39 is 0 Å². The molecule has 2 rings (SSSR count). The van der Waals surface area contributed by atoms with Crippen LogP contribution in [-0.2, 0) is 6.54 Å². The van der Waals surface area contributed by atoms with Crippen molar-refractivity contribution in [3.8, 4) is 6.07 Å². The number of hydrogen-bond donors (Lipinski definition) is 0. The Balaban J connectivity index is 2.02. The highest BCUT2D eigenvalue weighted by Gasteiger charge is 2.28. The number of nitrogens with zero attached hydrogens (tertiary/aromatic N) is 2. The van der Waals surface area contributed by atoms with Crippen LogP contribution in [0.4, 0.5) is 0 Å². The zero-order chi connectivity index (χ0) is 13.8. The minimum Gasteiger partial charge on any atom is -0.296 e. The molecule has 0 saturated heterocycles. The van der Waals surface area contributed by atoms with Gasteiger partial charge in [-0.1, -0.05) is 19.9 Å². The van der Waals surface area contributed by atoms with Crippen LogP contribution in [0.1, 0.15) is 49.8 Å². The largest absolute Gasteiger partial charge is 0.296 e. The van der Waals surface area contributed by atoms with Crippen LogP contribution in [0.3, 0.4) is 0 Å². The van der Waals surface area contributed by atoms with Crippen molar-refractivity contribution in [3.05, 3.63) is 34.9 Å². The molecule has 1 aromatic rings. The molecule has 102 valence electrons. The lowest BCUT2D eigenvalue weighted by molar-refractivity contribution is 0.239. The molecule has 0 aromatic heterocycles. The Kier molecular flexibility index (Phi) is 4.61. The highest BCUT2D eigenvalue weighted by Crippen LogP contribution is 2.29. The molecule has 0 spiro atoms. The quantitative estimate of drug-likeness (QED) is 0.772. The lowest BCUT2D eigenvalue weighted by Crippen LogP contribution is -2.27. The van der Waals surface area contributed by atoms with Crippen LogP contribution in [-0.4, -0.2) is 17.5 Å². The summed E-state index contributed by atoms with van der Waals surface area (Å²) in [6.45, 7) is 8.93. The molecule has 0 bridgehead atoms. The molecule has 0 atom stereocenters. The summed E-state index contributed by atoms with van der Waals surface area (Å²) in [4.78, 5) is 2.62. The standard InChI is InChI=1S/C17H24N2/c1-13(2)8-9-19(17-6-7-17)12-16-5-4-15(11-18)10-14(16)3/h4-5,10,13,17H,6-9,12H2,1-3H3.